The maximum atomic E-state index is 13.6. The number of nitro benzene ring substituents is 1. The highest BCUT2D eigenvalue weighted by atomic mass is 19.1. The van der Waals surface area contributed by atoms with Gasteiger partial charge in [0.25, 0.3) is 0 Å². The first-order valence-electron chi connectivity index (χ1n) is 6.46. The number of anilines is 1. The van der Waals surface area contributed by atoms with Gasteiger partial charge in [-0.3, -0.25) is 14.9 Å². The van der Waals surface area contributed by atoms with E-state index in [-0.39, 0.29) is 6.54 Å². The molecule has 0 atom stereocenters. The first-order chi connectivity index (χ1) is 9.81. The molecule has 0 aliphatic rings. The summed E-state index contributed by atoms with van der Waals surface area (Å²) in [7, 11) is 0. The number of benzene rings is 1. The molecule has 0 saturated carbocycles. The summed E-state index contributed by atoms with van der Waals surface area (Å²) in [5, 5.41) is 12.9. The molecule has 0 aliphatic heterocycles. The Hall–Kier alpha value is -2.09. The second-order valence-corrected chi connectivity index (χ2v) is 4.69. The third-order valence-corrected chi connectivity index (χ3v) is 3.71. The van der Waals surface area contributed by atoms with Gasteiger partial charge < -0.3 is 11.1 Å². The van der Waals surface area contributed by atoms with Crippen molar-refractivity contribution < 1.29 is 18.5 Å². The lowest BCUT2D eigenvalue weighted by Gasteiger charge is -2.28. The number of carbonyl (C=O) groups is 1. The molecule has 0 aromatic heterocycles. The highest BCUT2D eigenvalue weighted by molar-refractivity contribution is 5.95. The molecule has 1 rings (SSSR count). The quantitative estimate of drug-likeness (QED) is 0.623. The third-order valence-electron chi connectivity index (χ3n) is 3.71. The van der Waals surface area contributed by atoms with E-state index in [2.05, 4.69) is 5.32 Å². The van der Waals surface area contributed by atoms with E-state index < -0.39 is 39.3 Å². The van der Waals surface area contributed by atoms with Crippen LogP contribution in [0.3, 0.4) is 0 Å². The summed E-state index contributed by atoms with van der Waals surface area (Å²) in [6, 6.07) is 1.03. The maximum Gasteiger partial charge on any atom is 0.307 e. The van der Waals surface area contributed by atoms with Gasteiger partial charge in [0.1, 0.15) is 5.82 Å². The van der Waals surface area contributed by atoms with Crippen LogP contribution in [0.5, 0.6) is 0 Å². The Morgan fingerprint density at radius 3 is 2.33 bits per heavy atom. The molecule has 0 unspecified atom stereocenters. The molecule has 0 spiro atoms. The average molecular weight is 301 g/mol. The second-order valence-electron chi connectivity index (χ2n) is 4.69. The predicted octanol–water partition coefficient (Wildman–Crippen LogP) is 2.58. The van der Waals surface area contributed by atoms with E-state index in [1.54, 1.807) is 13.8 Å². The van der Waals surface area contributed by atoms with E-state index in [9.17, 15) is 23.7 Å². The highest BCUT2D eigenvalue weighted by Gasteiger charge is 2.34. The number of hydrogen-bond donors (Lipinski definition) is 2. The predicted molar refractivity (Wildman–Crippen MR) is 73.7 cm³/mol. The Balaban J connectivity index is 3.16. The summed E-state index contributed by atoms with van der Waals surface area (Å²) in [4.78, 5) is 21.9. The zero-order valence-electron chi connectivity index (χ0n) is 11.8. The van der Waals surface area contributed by atoms with Crippen molar-refractivity contribution in [3.8, 4) is 0 Å². The van der Waals surface area contributed by atoms with Gasteiger partial charge in [0.2, 0.25) is 11.7 Å². The SMILES string of the molecule is CCC(CC)(CN)C(=O)Nc1cc([N+](=O)[O-])c(F)cc1F. The van der Waals surface area contributed by atoms with E-state index in [0.29, 0.717) is 25.0 Å². The van der Waals surface area contributed by atoms with Crippen LogP contribution in [0.4, 0.5) is 20.2 Å². The summed E-state index contributed by atoms with van der Waals surface area (Å²) >= 11 is 0. The largest absolute Gasteiger partial charge is 0.329 e. The number of nitro groups is 1. The Labute approximate surface area is 120 Å². The average Bonchev–Trinajstić information content (AvgIpc) is 2.44. The van der Waals surface area contributed by atoms with E-state index in [4.69, 9.17) is 5.73 Å². The summed E-state index contributed by atoms with van der Waals surface area (Å²) < 4.78 is 26.9. The van der Waals surface area contributed by atoms with Crippen LogP contribution in [0.15, 0.2) is 12.1 Å². The number of nitrogens with one attached hydrogen (secondary N) is 1. The Bertz CT molecular complexity index is 552. The number of hydrogen-bond acceptors (Lipinski definition) is 4. The fourth-order valence-electron chi connectivity index (χ4n) is 1.98. The van der Waals surface area contributed by atoms with Crippen LogP contribution in [0, 0.1) is 27.2 Å². The molecule has 0 radical (unpaired) electrons. The molecule has 8 heteroatoms. The molecule has 6 nitrogen and oxygen atoms in total. The third kappa shape index (κ3) is 3.33. The second kappa shape index (κ2) is 6.57. The molecule has 1 aromatic rings. The Morgan fingerprint density at radius 2 is 1.90 bits per heavy atom. The van der Waals surface area contributed by atoms with Crippen molar-refractivity contribution in [2.24, 2.45) is 11.1 Å². The van der Waals surface area contributed by atoms with Crippen molar-refractivity contribution >= 4 is 17.3 Å². The first kappa shape index (κ1) is 17.0. The standard InChI is InChI=1S/C13H17F2N3O3/c1-3-13(4-2,7-16)12(19)17-10-6-11(18(20)21)9(15)5-8(10)14/h5-6H,3-4,7,16H2,1-2H3,(H,17,19). The van der Waals surface area contributed by atoms with Crippen LogP contribution in [-0.2, 0) is 4.79 Å². The van der Waals surface area contributed by atoms with Crippen molar-refractivity contribution in [3.05, 3.63) is 33.9 Å². The molecule has 1 amide bonds. The first-order valence-corrected chi connectivity index (χ1v) is 6.46. The van der Waals surface area contributed by atoms with E-state index in [1.807, 2.05) is 0 Å². The maximum absolute atomic E-state index is 13.6. The van der Waals surface area contributed by atoms with Gasteiger partial charge in [0.15, 0.2) is 0 Å². The molecule has 0 aliphatic carbocycles. The topological polar surface area (TPSA) is 98.3 Å². The molecule has 21 heavy (non-hydrogen) atoms. The Morgan fingerprint density at radius 1 is 1.33 bits per heavy atom. The minimum atomic E-state index is -1.30. The lowest BCUT2D eigenvalue weighted by atomic mass is 9.81. The smallest absolute Gasteiger partial charge is 0.307 e. The van der Waals surface area contributed by atoms with Crippen molar-refractivity contribution in [2.75, 3.05) is 11.9 Å². The molecular weight excluding hydrogens is 284 g/mol. The normalized spacial score (nSPS) is 11.3. The molecule has 0 bridgehead atoms. The number of rotatable bonds is 6. The molecule has 3 N–H and O–H groups in total. The van der Waals surface area contributed by atoms with E-state index in [1.165, 1.54) is 0 Å². The minimum Gasteiger partial charge on any atom is -0.329 e. The van der Waals surface area contributed by atoms with Crippen LogP contribution in [-0.4, -0.2) is 17.4 Å². The van der Waals surface area contributed by atoms with Crippen molar-refractivity contribution in [2.45, 2.75) is 26.7 Å². The molecular formula is C13H17F2N3O3. The number of halogens is 2. The van der Waals surface area contributed by atoms with Gasteiger partial charge in [0.05, 0.1) is 16.0 Å². The monoisotopic (exact) mass is 301 g/mol. The number of amides is 1. The van der Waals surface area contributed by atoms with Gasteiger partial charge in [-0.15, -0.1) is 0 Å². The summed E-state index contributed by atoms with van der Waals surface area (Å²) in [6.07, 6.45) is 0.855. The Kier molecular flexibility index (Phi) is 5.31. The van der Waals surface area contributed by atoms with Crippen molar-refractivity contribution in [1.29, 1.82) is 0 Å². The highest BCUT2D eigenvalue weighted by Crippen LogP contribution is 2.30. The van der Waals surface area contributed by atoms with Gasteiger partial charge >= 0.3 is 5.69 Å². The van der Waals surface area contributed by atoms with Crippen LogP contribution >= 0.6 is 0 Å². The zero-order valence-corrected chi connectivity index (χ0v) is 11.8. The number of nitrogens with zero attached hydrogens (tertiary/aromatic N) is 1. The van der Waals surface area contributed by atoms with Crippen LogP contribution in [0.25, 0.3) is 0 Å². The van der Waals surface area contributed by atoms with Crippen LogP contribution in [0.2, 0.25) is 0 Å². The number of carbonyl (C=O) groups excluding carboxylic acids is 1. The van der Waals surface area contributed by atoms with E-state index >= 15 is 0 Å². The molecule has 0 saturated heterocycles. The van der Waals surface area contributed by atoms with Crippen LogP contribution in [0.1, 0.15) is 26.7 Å². The van der Waals surface area contributed by atoms with Gasteiger partial charge in [-0.1, -0.05) is 13.8 Å². The van der Waals surface area contributed by atoms with Gasteiger partial charge in [0, 0.05) is 18.7 Å². The molecule has 0 heterocycles. The van der Waals surface area contributed by atoms with Crippen LogP contribution < -0.4 is 11.1 Å². The summed E-state index contributed by atoms with van der Waals surface area (Å²) in [6.45, 7) is 3.58. The molecule has 0 fully saturated rings. The minimum absolute atomic E-state index is 0.0523. The molecule has 1 aromatic carbocycles. The summed E-state index contributed by atoms with van der Waals surface area (Å²) in [5.74, 6) is -2.93. The van der Waals surface area contributed by atoms with Crippen molar-refractivity contribution in [1.82, 2.24) is 0 Å². The van der Waals surface area contributed by atoms with Gasteiger partial charge in [-0.05, 0) is 12.8 Å². The fraction of sp³-hybridized carbons (Fsp3) is 0.462. The lowest BCUT2D eigenvalue weighted by molar-refractivity contribution is -0.387. The lowest BCUT2D eigenvalue weighted by Crippen LogP contribution is -2.41. The molecule has 116 valence electrons. The number of nitrogens with two attached hydrogens (primary N) is 1. The summed E-state index contributed by atoms with van der Waals surface area (Å²) in [5.41, 5.74) is 3.37. The van der Waals surface area contributed by atoms with Gasteiger partial charge in [-0.2, -0.15) is 4.39 Å². The van der Waals surface area contributed by atoms with Crippen molar-refractivity contribution in [3.63, 3.8) is 0 Å². The van der Waals surface area contributed by atoms with Gasteiger partial charge in [-0.25, -0.2) is 4.39 Å². The zero-order chi connectivity index (χ0) is 16.2. The van der Waals surface area contributed by atoms with E-state index in [0.717, 1.165) is 0 Å². The fourth-order valence-corrected chi connectivity index (χ4v) is 1.98.